The van der Waals surface area contributed by atoms with Crippen LogP contribution in [0.3, 0.4) is 0 Å². The van der Waals surface area contributed by atoms with Crippen LogP contribution in [0.15, 0.2) is 29.3 Å². The van der Waals surface area contributed by atoms with E-state index in [9.17, 15) is 29.4 Å². The Morgan fingerprint density at radius 3 is 2.20 bits per heavy atom. The van der Waals surface area contributed by atoms with E-state index in [1.807, 2.05) is 0 Å². The minimum absolute atomic E-state index is 0.0889. The number of phenols is 1. The molecule has 13 heteroatoms. The molecule has 0 bridgehead atoms. The van der Waals surface area contributed by atoms with Crippen LogP contribution in [-0.4, -0.2) is 71.1 Å². The predicted molar refractivity (Wildman–Crippen MR) is 129 cm³/mol. The SMILES string of the molecule is CC(C)C(NC(=O)CNC(=O)C(N)Cc1ccc(O)cc1)C(=O)NC(CCCN=C(N)N)C(=O)O. The molecular formula is C22H35N7O6. The van der Waals surface area contributed by atoms with Crippen molar-refractivity contribution < 1.29 is 29.4 Å². The first kappa shape index (κ1) is 29.2. The van der Waals surface area contributed by atoms with Gasteiger partial charge >= 0.3 is 5.97 Å². The number of hydrogen-bond donors (Lipinski definition) is 8. The lowest BCUT2D eigenvalue weighted by Crippen LogP contribution is -2.55. The molecule has 1 rings (SSSR count). The second-order valence-corrected chi connectivity index (χ2v) is 8.33. The van der Waals surface area contributed by atoms with E-state index in [1.165, 1.54) is 12.1 Å². The average molecular weight is 494 g/mol. The van der Waals surface area contributed by atoms with Crippen LogP contribution in [-0.2, 0) is 25.6 Å². The first-order valence-electron chi connectivity index (χ1n) is 11.1. The number of nitrogens with zero attached hydrogens (tertiary/aromatic N) is 1. The Labute approximate surface area is 203 Å². The molecule has 11 N–H and O–H groups in total. The number of aliphatic carboxylic acids is 1. The lowest BCUT2D eigenvalue weighted by Gasteiger charge is -2.24. The molecule has 0 saturated heterocycles. The van der Waals surface area contributed by atoms with E-state index < -0.39 is 48.4 Å². The Balaban J connectivity index is 2.59. The fourth-order valence-electron chi connectivity index (χ4n) is 3.06. The topological polar surface area (TPSA) is 235 Å². The van der Waals surface area contributed by atoms with Crippen molar-refractivity contribution in [1.29, 1.82) is 0 Å². The second-order valence-electron chi connectivity index (χ2n) is 8.33. The number of aromatic hydroxyl groups is 1. The number of carboxylic acids is 1. The molecule has 13 nitrogen and oxygen atoms in total. The van der Waals surface area contributed by atoms with Crippen LogP contribution in [0.2, 0.25) is 0 Å². The highest BCUT2D eigenvalue weighted by atomic mass is 16.4. The molecule has 0 spiro atoms. The zero-order valence-electron chi connectivity index (χ0n) is 19.9. The van der Waals surface area contributed by atoms with E-state index in [0.29, 0.717) is 6.42 Å². The summed E-state index contributed by atoms with van der Waals surface area (Å²) in [5.74, 6) is -3.48. The smallest absolute Gasteiger partial charge is 0.326 e. The third kappa shape index (κ3) is 11.2. The van der Waals surface area contributed by atoms with Gasteiger partial charge in [0, 0.05) is 6.54 Å². The summed E-state index contributed by atoms with van der Waals surface area (Å²) >= 11 is 0. The summed E-state index contributed by atoms with van der Waals surface area (Å²) in [5, 5.41) is 26.0. The van der Waals surface area contributed by atoms with Crippen LogP contribution >= 0.6 is 0 Å². The summed E-state index contributed by atoms with van der Waals surface area (Å²) in [7, 11) is 0. The Bertz CT molecular complexity index is 900. The van der Waals surface area contributed by atoms with Gasteiger partial charge in [0.1, 0.15) is 17.8 Å². The Morgan fingerprint density at radius 2 is 1.66 bits per heavy atom. The van der Waals surface area contributed by atoms with Crippen LogP contribution < -0.4 is 33.2 Å². The second kappa shape index (κ2) is 14.4. The quantitative estimate of drug-likeness (QED) is 0.0823. The number of rotatable bonds is 14. The van der Waals surface area contributed by atoms with E-state index in [1.54, 1.807) is 26.0 Å². The molecule has 0 fully saturated rings. The normalized spacial score (nSPS) is 13.3. The highest BCUT2D eigenvalue weighted by Crippen LogP contribution is 2.11. The van der Waals surface area contributed by atoms with Crippen molar-refractivity contribution in [3.05, 3.63) is 29.8 Å². The number of nitrogens with two attached hydrogens (primary N) is 3. The summed E-state index contributed by atoms with van der Waals surface area (Å²) in [6.07, 6.45) is 0.612. The zero-order chi connectivity index (χ0) is 26.5. The number of guanidine groups is 1. The monoisotopic (exact) mass is 493 g/mol. The van der Waals surface area contributed by atoms with Gasteiger partial charge in [0.05, 0.1) is 12.6 Å². The highest BCUT2D eigenvalue weighted by Gasteiger charge is 2.28. The number of aliphatic imine (C=N–C) groups is 1. The van der Waals surface area contributed by atoms with Gasteiger partial charge in [-0.15, -0.1) is 0 Å². The van der Waals surface area contributed by atoms with Crippen LogP contribution in [0, 0.1) is 5.92 Å². The number of carboxylic acid groups (broad SMARTS) is 1. The standard InChI is InChI=1S/C22H35N7O6/c1-12(2)18(20(33)28-16(21(34)35)4-3-9-26-22(24)25)29-17(31)11-27-19(32)15(23)10-13-5-7-14(30)8-6-13/h5-8,12,15-16,18,30H,3-4,9-11,23H2,1-2H3,(H,27,32)(H,28,33)(H,29,31)(H,34,35)(H4,24,25,26). The Kier molecular flexibility index (Phi) is 12.0. The van der Waals surface area contributed by atoms with Crippen molar-refractivity contribution in [1.82, 2.24) is 16.0 Å². The van der Waals surface area contributed by atoms with Crippen LogP contribution in [0.25, 0.3) is 0 Å². The fraction of sp³-hybridized carbons (Fsp3) is 0.500. The van der Waals surface area contributed by atoms with Crippen molar-refractivity contribution >= 4 is 29.7 Å². The summed E-state index contributed by atoms with van der Waals surface area (Å²) in [6, 6.07) is 3.08. The van der Waals surface area contributed by atoms with Crippen LogP contribution in [0.4, 0.5) is 0 Å². The van der Waals surface area contributed by atoms with Crippen LogP contribution in [0.1, 0.15) is 32.3 Å². The van der Waals surface area contributed by atoms with Gasteiger partial charge in [0.25, 0.3) is 0 Å². The maximum absolute atomic E-state index is 12.7. The molecule has 1 aromatic carbocycles. The molecule has 0 heterocycles. The lowest BCUT2D eigenvalue weighted by molar-refractivity contribution is -0.142. The van der Waals surface area contributed by atoms with Gasteiger partial charge in [-0.05, 0) is 42.9 Å². The number of phenolic OH excluding ortho intramolecular Hbond substituents is 1. The van der Waals surface area contributed by atoms with Gasteiger partial charge in [0.2, 0.25) is 17.7 Å². The van der Waals surface area contributed by atoms with Crippen molar-refractivity contribution in [3.63, 3.8) is 0 Å². The van der Waals surface area contributed by atoms with Crippen molar-refractivity contribution in [3.8, 4) is 5.75 Å². The van der Waals surface area contributed by atoms with Crippen molar-refractivity contribution in [2.45, 2.75) is 51.2 Å². The summed E-state index contributed by atoms with van der Waals surface area (Å²) in [5.41, 5.74) is 17.1. The van der Waals surface area contributed by atoms with Gasteiger partial charge in [-0.2, -0.15) is 0 Å². The number of benzene rings is 1. The molecule has 0 saturated carbocycles. The van der Waals surface area contributed by atoms with E-state index in [4.69, 9.17) is 17.2 Å². The fourth-order valence-corrected chi connectivity index (χ4v) is 3.06. The van der Waals surface area contributed by atoms with Gasteiger partial charge in [0.15, 0.2) is 5.96 Å². The maximum atomic E-state index is 12.7. The molecule has 1 aromatic rings. The first-order valence-corrected chi connectivity index (χ1v) is 11.1. The lowest BCUT2D eigenvalue weighted by atomic mass is 10.0. The molecule has 0 aliphatic heterocycles. The molecule has 3 atom stereocenters. The van der Waals surface area contributed by atoms with E-state index >= 15 is 0 Å². The minimum Gasteiger partial charge on any atom is -0.508 e. The number of nitrogens with one attached hydrogen (secondary N) is 3. The van der Waals surface area contributed by atoms with Crippen LogP contribution in [0.5, 0.6) is 5.75 Å². The maximum Gasteiger partial charge on any atom is 0.326 e. The summed E-state index contributed by atoms with van der Waals surface area (Å²) < 4.78 is 0. The van der Waals surface area contributed by atoms with Gasteiger partial charge in [-0.3, -0.25) is 19.4 Å². The van der Waals surface area contributed by atoms with E-state index in [-0.39, 0.29) is 37.0 Å². The van der Waals surface area contributed by atoms with Gasteiger partial charge in [-0.25, -0.2) is 4.79 Å². The molecule has 0 aliphatic carbocycles. The molecular weight excluding hydrogens is 458 g/mol. The molecule has 0 radical (unpaired) electrons. The van der Waals surface area contributed by atoms with E-state index in [0.717, 1.165) is 5.56 Å². The molecule has 0 aliphatic rings. The number of hydrogen-bond acceptors (Lipinski definition) is 7. The van der Waals surface area contributed by atoms with E-state index in [2.05, 4.69) is 20.9 Å². The third-order valence-corrected chi connectivity index (χ3v) is 4.98. The first-order chi connectivity index (χ1) is 16.4. The Morgan fingerprint density at radius 1 is 1.03 bits per heavy atom. The third-order valence-electron chi connectivity index (χ3n) is 4.98. The van der Waals surface area contributed by atoms with Gasteiger partial charge in [-0.1, -0.05) is 26.0 Å². The van der Waals surface area contributed by atoms with Gasteiger partial charge < -0.3 is 43.4 Å². The minimum atomic E-state index is -1.23. The molecule has 3 amide bonds. The Hall–Kier alpha value is -3.87. The summed E-state index contributed by atoms with van der Waals surface area (Å²) in [6.45, 7) is 3.16. The number of amides is 3. The predicted octanol–water partition coefficient (Wildman–Crippen LogP) is -1.86. The molecule has 35 heavy (non-hydrogen) atoms. The van der Waals surface area contributed by atoms with Crippen molar-refractivity contribution in [2.24, 2.45) is 28.1 Å². The van der Waals surface area contributed by atoms with Crippen molar-refractivity contribution in [2.75, 3.05) is 13.1 Å². The number of carbonyl (C=O) groups excluding carboxylic acids is 3. The summed E-state index contributed by atoms with van der Waals surface area (Å²) in [4.78, 5) is 52.5. The highest BCUT2D eigenvalue weighted by molar-refractivity contribution is 5.92. The largest absolute Gasteiger partial charge is 0.508 e. The average Bonchev–Trinajstić information content (AvgIpc) is 2.78. The number of carbonyl (C=O) groups is 4. The zero-order valence-corrected chi connectivity index (χ0v) is 19.9. The molecule has 0 aromatic heterocycles. The molecule has 3 unspecified atom stereocenters. The molecule has 194 valence electrons.